The Morgan fingerprint density at radius 1 is 0.517 bits per heavy atom. The lowest BCUT2D eigenvalue weighted by atomic mass is 10.1. The Hall–Kier alpha value is -3.34. The van der Waals surface area contributed by atoms with E-state index in [0.29, 0.717) is 0 Å². The first kappa shape index (κ1) is 20.4. The minimum absolute atomic E-state index is 0.808. The highest BCUT2D eigenvalue weighted by Gasteiger charge is 2.17. The average molecular weight is 392 g/mol. The molecule has 5 nitrogen and oxygen atoms in total. The van der Waals surface area contributed by atoms with Gasteiger partial charge >= 0.3 is 0 Å². The van der Waals surface area contributed by atoms with Crippen molar-refractivity contribution >= 4 is 28.4 Å². The van der Waals surface area contributed by atoms with E-state index in [1.807, 2.05) is 58.5 Å². The van der Waals surface area contributed by atoms with E-state index < -0.39 is 0 Å². The van der Waals surface area contributed by atoms with Crippen molar-refractivity contribution in [2.45, 2.75) is 0 Å². The lowest BCUT2D eigenvalue weighted by molar-refractivity contribution is 0.415. The van der Waals surface area contributed by atoms with E-state index in [9.17, 15) is 0 Å². The van der Waals surface area contributed by atoms with Gasteiger partial charge in [0, 0.05) is 69.5 Å². The van der Waals surface area contributed by atoms with Crippen LogP contribution >= 0.6 is 0 Å². The van der Waals surface area contributed by atoms with Crippen LogP contribution in [0.2, 0.25) is 0 Å². The van der Waals surface area contributed by atoms with Crippen LogP contribution in [-0.4, -0.2) is 42.4 Å². The van der Waals surface area contributed by atoms with E-state index in [1.165, 1.54) is 0 Å². The summed E-state index contributed by atoms with van der Waals surface area (Å²) in [5.41, 5.74) is 5.21. The molecule has 0 aliphatic carbocycles. The third-order valence-corrected chi connectivity index (χ3v) is 4.79. The second-order valence-corrected chi connectivity index (χ2v) is 7.24. The first-order valence-electron chi connectivity index (χ1n) is 9.51. The van der Waals surface area contributed by atoms with Crippen molar-refractivity contribution in [2.75, 3.05) is 57.1 Å². The Kier molecular flexibility index (Phi) is 6.17. The first-order valence-corrected chi connectivity index (χ1v) is 9.51. The molecule has 3 rings (SSSR count). The SMILES string of the molecule is COc1cc(N(C)C)cc(N(c2ccccc2)c2cc(OC)cc(N(C)C)c2)c1. The van der Waals surface area contributed by atoms with Gasteiger partial charge in [0.15, 0.2) is 0 Å². The van der Waals surface area contributed by atoms with Crippen LogP contribution in [0.5, 0.6) is 11.5 Å². The van der Waals surface area contributed by atoms with Crippen molar-refractivity contribution in [3.63, 3.8) is 0 Å². The van der Waals surface area contributed by atoms with Crippen LogP contribution in [0.15, 0.2) is 66.7 Å². The number of benzene rings is 3. The van der Waals surface area contributed by atoms with Crippen molar-refractivity contribution in [2.24, 2.45) is 0 Å². The monoisotopic (exact) mass is 391 g/mol. The molecule has 0 radical (unpaired) electrons. The van der Waals surface area contributed by atoms with Crippen molar-refractivity contribution in [1.82, 2.24) is 0 Å². The van der Waals surface area contributed by atoms with E-state index in [4.69, 9.17) is 9.47 Å². The fourth-order valence-corrected chi connectivity index (χ4v) is 3.17. The Balaban J connectivity index is 2.25. The maximum absolute atomic E-state index is 5.59. The molecule has 0 aliphatic rings. The summed E-state index contributed by atoms with van der Waals surface area (Å²) in [6.45, 7) is 0. The summed E-state index contributed by atoms with van der Waals surface area (Å²) in [5.74, 6) is 1.62. The molecule has 0 bridgehead atoms. The molecule has 3 aromatic carbocycles. The first-order chi connectivity index (χ1) is 13.9. The van der Waals surface area contributed by atoms with Gasteiger partial charge < -0.3 is 24.2 Å². The number of hydrogen-bond donors (Lipinski definition) is 0. The maximum Gasteiger partial charge on any atom is 0.123 e. The Morgan fingerprint density at radius 2 is 0.931 bits per heavy atom. The van der Waals surface area contributed by atoms with Crippen LogP contribution < -0.4 is 24.2 Å². The molecule has 0 aromatic heterocycles. The van der Waals surface area contributed by atoms with Crippen LogP contribution in [0, 0.1) is 0 Å². The summed E-state index contributed by atoms with van der Waals surface area (Å²) < 4.78 is 11.2. The number of methoxy groups -OCH3 is 2. The van der Waals surface area contributed by atoms with Crippen molar-refractivity contribution in [3.8, 4) is 11.5 Å². The van der Waals surface area contributed by atoms with Gasteiger partial charge in [-0.3, -0.25) is 0 Å². The lowest BCUT2D eigenvalue weighted by Gasteiger charge is -2.28. The molecule has 0 saturated heterocycles. The number of ether oxygens (including phenoxy) is 2. The largest absolute Gasteiger partial charge is 0.497 e. The standard InChI is InChI=1S/C24H29N3O2/c1-25(2)19-12-21(16-23(14-19)28-5)27(18-10-8-7-9-11-18)22-13-20(26(3)4)15-24(17-22)29-6/h7-17H,1-6H3. The molecule has 0 saturated carbocycles. The number of nitrogens with zero attached hydrogens (tertiary/aromatic N) is 3. The van der Waals surface area contributed by atoms with Gasteiger partial charge in [-0.05, 0) is 24.3 Å². The quantitative estimate of drug-likeness (QED) is 0.545. The number of rotatable bonds is 7. The predicted molar refractivity (Wildman–Crippen MR) is 123 cm³/mol. The smallest absolute Gasteiger partial charge is 0.123 e. The summed E-state index contributed by atoms with van der Waals surface area (Å²) >= 11 is 0. The molecular weight excluding hydrogens is 362 g/mol. The van der Waals surface area contributed by atoms with E-state index in [2.05, 4.69) is 51.1 Å². The van der Waals surface area contributed by atoms with E-state index in [-0.39, 0.29) is 0 Å². The highest BCUT2D eigenvalue weighted by molar-refractivity contribution is 5.81. The molecule has 0 amide bonds. The van der Waals surface area contributed by atoms with Crippen LogP contribution in [-0.2, 0) is 0 Å². The molecular formula is C24H29N3O2. The van der Waals surface area contributed by atoms with Gasteiger partial charge in [0.25, 0.3) is 0 Å². The van der Waals surface area contributed by atoms with Gasteiger partial charge in [0.1, 0.15) is 11.5 Å². The van der Waals surface area contributed by atoms with Crippen molar-refractivity contribution < 1.29 is 9.47 Å². The zero-order valence-electron chi connectivity index (χ0n) is 18.0. The molecule has 0 atom stereocenters. The predicted octanol–water partition coefficient (Wildman–Crippen LogP) is 5.31. The number of hydrogen-bond acceptors (Lipinski definition) is 5. The summed E-state index contributed by atoms with van der Waals surface area (Å²) in [6, 6.07) is 22.8. The molecule has 0 aliphatic heterocycles. The molecule has 152 valence electrons. The second-order valence-electron chi connectivity index (χ2n) is 7.24. The van der Waals surface area contributed by atoms with Gasteiger partial charge in [-0.1, -0.05) is 18.2 Å². The van der Waals surface area contributed by atoms with E-state index in [0.717, 1.165) is 39.9 Å². The normalized spacial score (nSPS) is 10.4. The maximum atomic E-state index is 5.59. The summed E-state index contributed by atoms with van der Waals surface area (Å²) in [7, 11) is 11.5. The number of anilines is 5. The molecule has 0 unspecified atom stereocenters. The topological polar surface area (TPSA) is 28.2 Å². The summed E-state index contributed by atoms with van der Waals surface area (Å²) in [5, 5.41) is 0. The lowest BCUT2D eigenvalue weighted by Crippen LogP contribution is -2.14. The van der Waals surface area contributed by atoms with Crippen LogP contribution in [0.25, 0.3) is 0 Å². The third kappa shape index (κ3) is 4.57. The Labute approximate surface area is 173 Å². The van der Waals surface area contributed by atoms with Gasteiger partial charge in [0.05, 0.1) is 25.6 Å². The molecule has 3 aromatic rings. The second kappa shape index (κ2) is 8.78. The van der Waals surface area contributed by atoms with E-state index >= 15 is 0 Å². The van der Waals surface area contributed by atoms with Crippen molar-refractivity contribution in [3.05, 3.63) is 66.7 Å². The zero-order chi connectivity index (χ0) is 21.0. The Bertz CT molecular complexity index is 896. The molecule has 0 fully saturated rings. The molecule has 29 heavy (non-hydrogen) atoms. The molecule has 0 N–H and O–H groups in total. The van der Waals surface area contributed by atoms with Crippen molar-refractivity contribution in [1.29, 1.82) is 0 Å². The highest BCUT2D eigenvalue weighted by Crippen LogP contribution is 2.41. The fraction of sp³-hybridized carbons (Fsp3) is 0.250. The minimum Gasteiger partial charge on any atom is -0.497 e. The van der Waals surface area contributed by atoms with Gasteiger partial charge in [-0.25, -0.2) is 0 Å². The third-order valence-electron chi connectivity index (χ3n) is 4.79. The summed E-state index contributed by atoms with van der Waals surface area (Å²) in [6.07, 6.45) is 0. The van der Waals surface area contributed by atoms with Gasteiger partial charge in [-0.2, -0.15) is 0 Å². The van der Waals surface area contributed by atoms with Crippen LogP contribution in [0.1, 0.15) is 0 Å². The van der Waals surface area contributed by atoms with Gasteiger partial charge in [-0.15, -0.1) is 0 Å². The van der Waals surface area contributed by atoms with E-state index in [1.54, 1.807) is 14.2 Å². The molecule has 0 heterocycles. The van der Waals surface area contributed by atoms with Crippen LogP contribution in [0.4, 0.5) is 28.4 Å². The van der Waals surface area contributed by atoms with Gasteiger partial charge in [0.2, 0.25) is 0 Å². The summed E-state index contributed by atoms with van der Waals surface area (Å²) in [4.78, 5) is 6.36. The fourth-order valence-electron chi connectivity index (χ4n) is 3.17. The highest BCUT2D eigenvalue weighted by atomic mass is 16.5. The zero-order valence-corrected chi connectivity index (χ0v) is 18.0. The number of para-hydroxylation sites is 1. The molecule has 5 heteroatoms. The average Bonchev–Trinajstić information content (AvgIpc) is 2.74. The Morgan fingerprint density at radius 3 is 1.31 bits per heavy atom. The molecule has 0 spiro atoms. The van der Waals surface area contributed by atoms with Crippen LogP contribution in [0.3, 0.4) is 0 Å². The minimum atomic E-state index is 0.808.